The SMILES string of the molecule is CC(CS(=O)(=O)N(C)C/C(N)=N/O)c1ccccc1. The number of likely N-dealkylation sites (N-methyl/N-ethyl adjacent to an activating group) is 1. The second-order valence-corrected chi connectivity index (χ2v) is 6.56. The van der Waals surface area contributed by atoms with Gasteiger partial charge in [-0.15, -0.1) is 0 Å². The Bertz CT molecular complexity index is 528. The van der Waals surface area contributed by atoms with Crippen LogP contribution in [0, 0.1) is 0 Å². The first-order valence-corrected chi connectivity index (χ1v) is 7.43. The lowest BCUT2D eigenvalue weighted by atomic mass is 10.0. The van der Waals surface area contributed by atoms with Crippen molar-refractivity contribution in [3.8, 4) is 0 Å². The minimum Gasteiger partial charge on any atom is -0.409 e. The molecule has 0 saturated heterocycles. The normalized spacial score (nSPS) is 14.6. The fourth-order valence-corrected chi connectivity index (χ4v) is 3.09. The smallest absolute Gasteiger partial charge is 0.214 e. The van der Waals surface area contributed by atoms with Gasteiger partial charge in [0.25, 0.3) is 0 Å². The molecule has 0 radical (unpaired) electrons. The van der Waals surface area contributed by atoms with E-state index >= 15 is 0 Å². The molecule has 1 rings (SSSR count). The fourth-order valence-electron chi connectivity index (χ4n) is 1.68. The van der Waals surface area contributed by atoms with Gasteiger partial charge >= 0.3 is 0 Å². The lowest BCUT2D eigenvalue weighted by Crippen LogP contribution is -2.37. The van der Waals surface area contributed by atoms with Crippen LogP contribution in [0.5, 0.6) is 0 Å². The van der Waals surface area contributed by atoms with E-state index in [4.69, 9.17) is 10.9 Å². The van der Waals surface area contributed by atoms with Crippen molar-refractivity contribution in [2.75, 3.05) is 19.3 Å². The lowest BCUT2D eigenvalue weighted by Gasteiger charge is -2.19. The monoisotopic (exact) mass is 285 g/mol. The van der Waals surface area contributed by atoms with Crippen LogP contribution in [-0.4, -0.2) is 43.1 Å². The van der Waals surface area contributed by atoms with Gasteiger partial charge in [-0.1, -0.05) is 42.4 Å². The van der Waals surface area contributed by atoms with Crippen LogP contribution in [-0.2, 0) is 10.0 Å². The maximum atomic E-state index is 12.1. The lowest BCUT2D eigenvalue weighted by molar-refractivity contribution is 0.315. The number of amidine groups is 1. The molecule has 0 spiro atoms. The van der Waals surface area contributed by atoms with Gasteiger partial charge in [0.1, 0.15) is 0 Å². The summed E-state index contributed by atoms with van der Waals surface area (Å²) < 4.78 is 25.3. The number of rotatable bonds is 6. The van der Waals surface area contributed by atoms with Crippen LogP contribution < -0.4 is 5.73 Å². The van der Waals surface area contributed by atoms with Crippen molar-refractivity contribution in [3.63, 3.8) is 0 Å². The number of nitrogens with zero attached hydrogens (tertiary/aromatic N) is 2. The average Bonchev–Trinajstić information content (AvgIpc) is 2.39. The molecule has 0 saturated carbocycles. The topological polar surface area (TPSA) is 96.0 Å². The zero-order valence-electron chi connectivity index (χ0n) is 11.0. The molecule has 6 nitrogen and oxygen atoms in total. The molecule has 0 amide bonds. The van der Waals surface area contributed by atoms with E-state index in [1.54, 1.807) is 0 Å². The Hall–Kier alpha value is -1.60. The number of hydrogen-bond acceptors (Lipinski definition) is 4. The molecule has 0 fully saturated rings. The first-order chi connectivity index (χ1) is 8.86. The first-order valence-electron chi connectivity index (χ1n) is 5.82. The molecular weight excluding hydrogens is 266 g/mol. The van der Waals surface area contributed by atoms with Gasteiger partial charge < -0.3 is 10.9 Å². The van der Waals surface area contributed by atoms with Crippen molar-refractivity contribution >= 4 is 15.9 Å². The van der Waals surface area contributed by atoms with Crippen molar-refractivity contribution in [3.05, 3.63) is 35.9 Å². The number of hydrogen-bond donors (Lipinski definition) is 2. The molecule has 106 valence electrons. The Morgan fingerprint density at radius 3 is 2.53 bits per heavy atom. The number of benzene rings is 1. The molecular formula is C12H19N3O3S. The predicted octanol–water partition coefficient (Wildman–Crippen LogP) is 0.798. The Labute approximate surface area is 113 Å². The van der Waals surface area contributed by atoms with Gasteiger partial charge in [-0.05, 0) is 11.5 Å². The molecule has 7 heteroatoms. The molecule has 1 aromatic rings. The van der Waals surface area contributed by atoms with Crippen molar-refractivity contribution in [2.24, 2.45) is 10.9 Å². The van der Waals surface area contributed by atoms with Crippen molar-refractivity contribution in [1.29, 1.82) is 0 Å². The summed E-state index contributed by atoms with van der Waals surface area (Å²) in [6.07, 6.45) is 0. The summed E-state index contributed by atoms with van der Waals surface area (Å²) in [6, 6.07) is 9.42. The number of oxime groups is 1. The van der Waals surface area contributed by atoms with Crippen LogP contribution in [0.3, 0.4) is 0 Å². The summed E-state index contributed by atoms with van der Waals surface area (Å²) in [5.74, 6) is -0.286. The summed E-state index contributed by atoms with van der Waals surface area (Å²) >= 11 is 0. The highest BCUT2D eigenvalue weighted by atomic mass is 32.2. The van der Waals surface area contributed by atoms with Crippen LogP contribution in [0.2, 0.25) is 0 Å². The van der Waals surface area contributed by atoms with Crippen molar-refractivity contribution in [2.45, 2.75) is 12.8 Å². The third-order valence-electron chi connectivity index (χ3n) is 2.82. The van der Waals surface area contributed by atoms with E-state index in [0.717, 1.165) is 9.87 Å². The van der Waals surface area contributed by atoms with Gasteiger partial charge in [0.15, 0.2) is 5.84 Å². The van der Waals surface area contributed by atoms with Crippen LogP contribution in [0.25, 0.3) is 0 Å². The Morgan fingerprint density at radius 2 is 2.00 bits per heavy atom. The van der Waals surface area contributed by atoms with Crippen LogP contribution in [0.4, 0.5) is 0 Å². The molecule has 1 aromatic carbocycles. The maximum absolute atomic E-state index is 12.1. The molecule has 1 atom stereocenters. The highest BCUT2D eigenvalue weighted by molar-refractivity contribution is 7.89. The third kappa shape index (κ3) is 4.53. The highest BCUT2D eigenvalue weighted by Gasteiger charge is 2.22. The molecule has 0 heterocycles. The molecule has 0 aliphatic heterocycles. The van der Waals surface area contributed by atoms with Crippen molar-refractivity contribution in [1.82, 2.24) is 4.31 Å². The van der Waals surface area contributed by atoms with Gasteiger partial charge in [0.05, 0.1) is 12.3 Å². The fraction of sp³-hybridized carbons (Fsp3) is 0.417. The second kappa shape index (κ2) is 6.53. The average molecular weight is 285 g/mol. The second-order valence-electron chi connectivity index (χ2n) is 4.44. The van der Waals surface area contributed by atoms with E-state index in [0.29, 0.717) is 0 Å². The minimum atomic E-state index is -3.45. The summed E-state index contributed by atoms with van der Waals surface area (Å²) in [7, 11) is -2.04. The third-order valence-corrected chi connectivity index (χ3v) is 4.82. The van der Waals surface area contributed by atoms with E-state index in [9.17, 15) is 8.42 Å². The highest BCUT2D eigenvalue weighted by Crippen LogP contribution is 2.18. The number of sulfonamides is 1. The Kier molecular flexibility index (Phi) is 5.31. The molecule has 3 N–H and O–H groups in total. The minimum absolute atomic E-state index is 0.0216. The van der Waals surface area contributed by atoms with E-state index < -0.39 is 10.0 Å². The van der Waals surface area contributed by atoms with Crippen LogP contribution >= 0.6 is 0 Å². The molecule has 0 aromatic heterocycles. The van der Waals surface area contributed by atoms with Gasteiger partial charge in [-0.2, -0.15) is 4.31 Å². The quantitative estimate of drug-likeness (QED) is 0.350. The largest absolute Gasteiger partial charge is 0.409 e. The zero-order chi connectivity index (χ0) is 14.5. The van der Waals surface area contributed by atoms with Crippen LogP contribution in [0.15, 0.2) is 35.5 Å². The van der Waals surface area contributed by atoms with E-state index in [1.807, 2.05) is 37.3 Å². The molecule has 0 bridgehead atoms. The molecule has 0 aliphatic rings. The first kappa shape index (κ1) is 15.5. The van der Waals surface area contributed by atoms with Gasteiger partial charge in [0.2, 0.25) is 10.0 Å². The Morgan fingerprint density at radius 1 is 1.42 bits per heavy atom. The van der Waals surface area contributed by atoms with Crippen LogP contribution in [0.1, 0.15) is 18.4 Å². The van der Waals surface area contributed by atoms with Crippen molar-refractivity contribution < 1.29 is 13.6 Å². The summed E-state index contributed by atoms with van der Waals surface area (Å²) in [4.78, 5) is 0. The zero-order valence-corrected chi connectivity index (χ0v) is 11.8. The standard InChI is InChI=1S/C12H19N3O3S/c1-10(11-6-4-3-5-7-11)9-19(17,18)15(2)8-12(13)14-16/h3-7,10,16H,8-9H2,1-2H3,(H2,13,14). The molecule has 19 heavy (non-hydrogen) atoms. The predicted molar refractivity (Wildman–Crippen MR) is 74.7 cm³/mol. The number of nitrogens with two attached hydrogens (primary N) is 1. The van der Waals surface area contributed by atoms with Gasteiger partial charge in [0, 0.05) is 7.05 Å². The van der Waals surface area contributed by atoms with E-state index in [2.05, 4.69) is 5.16 Å². The maximum Gasteiger partial charge on any atom is 0.214 e. The summed E-state index contributed by atoms with van der Waals surface area (Å²) in [5.41, 5.74) is 6.27. The van der Waals surface area contributed by atoms with Gasteiger partial charge in [-0.25, -0.2) is 8.42 Å². The molecule has 0 aliphatic carbocycles. The summed E-state index contributed by atoms with van der Waals surface area (Å²) in [5, 5.41) is 11.2. The van der Waals surface area contributed by atoms with E-state index in [-0.39, 0.29) is 24.1 Å². The molecule has 1 unspecified atom stereocenters. The van der Waals surface area contributed by atoms with E-state index in [1.165, 1.54) is 7.05 Å². The van der Waals surface area contributed by atoms with Gasteiger partial charge in [-0.3, -0.25) is 0 Å². The summed E-state index contributed by atoms with van der Waals surface area (Å²) in [6.45, 7) is 1.73. The Balaban J connectivity index is 2.74.